The van der Waals surface area contributed by atoms with E-state index in [1.165, 1.54) is 110 Å². The normalized spacial score (nSPS) is 13.6. The zero-order chi connectivity index (χ0) is 46.0. The van der Waals surface area contributed by atoms with Crippen LogP contribution in [0.4, 0.5) is 22.7 Å². The Labute approximate surface area is 409 Å². The summed E-state index contributed by atoms with van der Waals surface area (Å²) in [6.45, 7) is 14.0. The van der Waals surface area contributed by atoms with E-state index in [0.29, 0.717) is 0 Å². The zero-order valence-electron chi connectivity index (χ0n) is 39.4. The van der Waals surface area contributed by atoms with Gasteiger partial charge in [-0.15, -0.1) is 22.7 Å². The van der Waals surface area contributed by atoms with Crippen molar-refractivity contribution in [3.63, 3.8) is 0 Å². The molecule has 0 saturated heterocycles. The molecule has 0 aliphatic carbocycles. The monoisotopic (exact) mass is 936 g/mol. The van der Waals surface area contributed by atoms with Crippen LogP contribution in [0.5, 0.6) is 0 Å². The van der Waals surface area contributed by atoms with Gasteiger partial charge in [0.1, 0.15) is 0 Å². The van der Waals surface area contributed by atoms with Crippen LogP contribution < -0.4 is 46.2 Å². The number of nitrogens with zero attached hydrogens (tertiary/aromatic N) is 2. The summed E-state index contributed by atoms with van der Waals surface area (Å²) in [4.78, 5) is 7.61. The summed E-state index contributed by atoms with van der Waals surface area (Å²) in [6, 6.07) is 68.5. The van der Waals surface area contributed by atoms with E-state index in [2.05, 4.69) is 241 Å². The molecule has 10 aromatic rings. The summed E-state index contributed by atoms with van der Waals surface area (Å²) in [5, 5.41) is 9.56. The second kappa shape index (κ2) is 15.6. The summed E-state index contributed by atoms with van der Waals surface area (Å²) in [6.07, 6.45) is 0. The molecule has 0 radical (unpaired) electrons. The Morgan fingerprint density at radius 3 is 1.66 bits per heavy atom. The summed E-state index contributed by atoms with van der Waals surface area (Å²) < 4.78 is 5.46. The molecular formula is C60H53BN2S3Si. The molecule has 0 fully saturated rings. The van der Waals surface area contributed by atoms with Crippen molar-refractivity contribution in [1.29, 1.82) is 0 Å². The van der Waals surface area contributed by atoms with Crippen LogP contribution in [0, 0.1) is 0 Å². The van der Waals surface area contributed by atoms with E-state index in [-0.39, 0.29) is 17.5 Å². The SMILES string of the molecule is CN(C)c1ccc2sc3cc4c(cc3c2c1)Sc1cc([Si](c2ccccc2)(c2ccccc2)c2ccccc2)cc2c1B4c1sc3ccc(C(C)(C)C)cc3c1N2c1ccc(C(C)(C)C)cc1. The third-order valence-electron chi connectivity index (χ3n) is 14.4. The van der Waals surface area contributed by atoms with Gasteiger partial charge < -0.3 is 9.80 Å². The van der Waals surface area contributed by atoms with Gasteiger partial charge in [-0.05, 0) is 115 Å². The highest BCUT2D eigenvalue weighted by Crippen LogP contribution is 2.48. The Hall–Kier alpha value is -5.83. The predicted molar refractivity (Wildman–Crippen MR) is 300 cm³/mol. The largest absolute Gasteiger partial charge is 0.378 e. The molecule has 328 valence electrons. The van der Waals surface area contributed by atoms with E-state index in [1.807, 2.05) is 34.4 Å². The first-order valence-electron chi connectivity index (χ1n) is 23.5. The molecule has 0 unspecified atom stereocenters. The zero-order valence-corrected chi connectivity index (χ0v) is 42.9. The van der Waals surface area contributed by atoms with Gasteiger partial charge in [0.15, 0.2) is 8.07 Å². The van der Waals surface area contributed by atoms with Crippen LogP contribution in [0.15, 0.2) is 186 Å². The maximum Gasteiger partial charge on any atom is 0.262 e. The number of anilines is 4. The van der Waals surface area contributed by atoms with E-state index in [1.54, 1.807) is 0 Å². The molecule has 2 nitrogen and oxygen atoms in total. The average molecular weight is 937 g/mol. The highest BCUT2D eigenvalue weighted by molar-refractivity contribution is 8.00. The van der Waals surface area contributed by atoms with Gasteiger partial charge in [0.2, 0.25) is 0 Å². The molecule has 67 heavy (non-hydrogen) atoms. The number of hydrogen-bond donors (Lipinski definition) is 0. The van der Waals surface area contributed by atoms with Gasteiger partial charge in [-0.1, -0.05) is 168 Å². The lowest BCUT2D eigenvalue weighted by atomic mass is 9.37. The molecule has 0 N–H and O–H groups in total. The topological polar surface area (TPSA) is 6.48 Å². The molecule has 0 saturated carbocycles. The number of hydrogen-bond acceptors (Lipinski definition) is 5. The van der Waals surface area contributed by atoms with Gasteiger partial charge in [0, 0.05) is 76.0 Å². The van der Waals surface area contributed by atoms with Crippen LogP contribution in [0.3, 0.4) is 0 Å². The lowest BCUT2D eigenvalue weighted by molar-refractivity contribution is 0.590. The van der Waals surface area contributed by atoms with Crippen LogP contribution in [0.2, 0.25) is 0 Å². The average Bonchev–Trinajstić information content (AvgIpc) is 3.89. The molecule has 7 heteroatoms. The second-order valence-electron chi connectivity index (χ2n) is 20.8. The van der Waals surface area contributed by atoms with Crippen molar-refractivity contribution in [2.45, 2.75) is 62.2 Å². The Morgan fingerprint density at radius 2 is 1.06 bits per heavy atom. The highest BCUT2D eigenvalue weighted by atomic mass is 32.2. The Balaban J connectivity index is 1.23. The minimum Gasteiger partial charge on any atom is -0.378 e. The maximum absolute atomic E-state index is 2.95. The Morgan fingerprint density at radius 1 is 0.493 bits per heavy atom. The lowest BCUT2D eigenvalue weighted by Gasteiger charge is -2.41. The fraction of sp³-hybridized carbons (Fsp3) is 0.167. The van der Waals surface area contributed by atoms with Gasteiger partial charge in [0.25, 0.3) is 6.71 Å². The maximum atomic E-state index is 2.68. The minimum atomic E-state index is -2.95. The second-order valence-corrected chi connectivity index (χ2v) is 27.8. The Bertz CT molecular complexity index is 3450. The molecule has 4 heterocycles. The standard InChI is InChI=1S/C60H53BN2S3Si/c1-59(2,3)38-24-27-40(28-25-38)63-50-34-45(67(42-18-12-9-13-19-42,43-20-14-10-15-21-43)44-22-16-11-17-23-44)35-55-56(50)61(58-57(63)48-32-39(60(4,5)6)26-30-52(48)66-58)49-37-53-47(36-54(49)65-55)46-33-41(62(7)8)29-31-51(46)64-53/h9-37H,1-8H3. The predicted octanol–water partition coefficient (Wildman–Crippen LogP) is 12.1. The van der Waals surface area contributed by atoms with E-state index in [0.717, 1.165) is 0 Å². The summed E-state index contributed by atoms with van der Waals surface area (Å²) in [7, 11) is 1.33. The van der Waals surface area contributed by atoms with Gasteiger partial charge in [0.05, 0.1) is 5.69 Å². The quantitative estimate of drug-likeness (QED) is 0.121. The smallest absolute Gasteiger partial charge is 0.262 e. The Kier molecular flexibility index (Phi) is 9.91. The molecule has 2 aliphatic heterocycles. The van der Waals surface area contributed by atoms with Crippen molar-refractivity contribution >= 4 is 139 Å². The molecule has 0 atom stereocenters. The van der Waals surface area contributed by atoms with Gasteiger partial charge in [-0.25, -0.2) is 0 Å². The molecule has 12 rings (SSSR count). The first-order valence-corrected chi connectivity index (χ1v) is 27.9. The highest BCUT2D eigenvalue weighted by Gasteiger charge is 2.47. The fourth-order valence-electron chi connectivity index (χ4n) is 10.9. The molecule has 0 amide bonds. The minimum absolute atomic E-state index is 0.00528. The third-order valence-corrected chi connectivity index (χ3v) is 22.6. The van der Waals surface area contributed by atoms with Crippen molar-refractivity contribution in [1.82, 2.24) is 0 Å². The first-order chi connectivity index (χ1) is 32.3. The molecular weight excluding hydrogens is 884 g/mol. The number of benzene rings is 8. The number of fused-ring (bicyclic) bond motifs is 9. The van der Waals surface area contributed by atoms with Gasteiger partial charge in [-0.3, -0.25) is 0 Å². The van der Waals surface area contributed by atoms with Crippen molar-refractivity contribution in [3.05, 3.63) is 187 Å². The van der Waals surface area contributed by atoms with Crippen LogP contribution >= 0.6 is 34.4 Å². The van der Waals surface area contributed by atoms with E-state index >= 15 is 0 Å². The molecule has 0 spiro atoms. The van der Waals surface area contributed by atoms with Crippen molar-refractivity contribution in [2.75, 3.05) is 23.9 Å². The van der Waals surface area contributed by atoms with Gasteiger partial charge >= 0.3 is 0 Å². The lowest BCUT2D eigenvalue weighted by Crippen LogP contribution is -2.75. The summed E-state index contributed by atoms with van der Waals surface area (Å²) >= 11 is 5.92. The van der Waals surface area contributed by atoms with E-state index in [4.69, 9.17) is 0 Å². The van der Waals surface area contributed by atoms with Gasteiger partial charge in [-0.2, -0.15) is 0 Å². The van der Waals surface area contributed by atoms with Crippen LogP contribution in [0.25, 0.3) is 30.3 Å². The summed E-state index contributed by atoms with van der Waals surface area (Å²) in [5.74, 6) is 0. The van der Waals surface area contributed by atoms with Crippen LogP contribution in [0.1, 0.15) is 52.7 Å². The van der Waals surface area contributed by atoms with E-state index < -0.39 is 8.07 Å². The molecule has 2 aromatic heterocycles. The van der Waals surface area contributed by atoms with Crippen molar-refractivity contribution < 1.29 is 0 Å². The summed E-state index contributed by atoms with van der Waals surface area (Å²) in [5.41, 5.74) is 10.6. The van der Waals surface area contributed by atoms with Crippen molar-refractivity contribution in [2.24, 2.45) is 0 Å². The molecule has 8 aromatic carbocycles. The fourth-order valence-corrected chi connectivity index (χ4v) is 19.4. The van der Waals surface area contributed by atoms with Crippen molar-refractivity contribution in [3.8, 4) is 0 Å². The number of thiophene rings is 2. The van der Waals surface area contributed by atoms with Crippen LogP contribution in [-0.2, 0) is 10.8 Å². The third kappa shape index (κ3) is 6.71. The number of rotatable bonds is 6. The van der Waals surface area contributed by atoms with E-state index in [9.17, 15) is 0 Å². The molecule has 0 bridgehead atoms. The first kappa shape index (κ1) is 42.5. The van der Waals surface area contributed by atoms with Crippen LogP contribution in [-0.4, -0.2) is 28.9 Å². The molecule has 2 aliphatic rings.